The number of methoxy groups -OCH3 is 2. The van der Waals surface area contributed by atoms with Gasteiger partial charge >= 0.3 is 0 Å². The van der Waals surface area contributed by atoms with E-state index in [0.717, 1.165) is 0 Å². The van der Waals surface area contributed by atoms with Crippen LogP contribution in [0.2, 0.25) is 0 Å². The van der Waals surface area contributed by atoms with Gasteiger partial charge in [0.25, 0.3) is 0 Å². The summed E-state index contributed by atoms with van der Waals surface area (Å²) < 4.78 is 42.1. The number of carbonyl (C=O) groups is 2. The number of carbonyl (C=O) groups excluding carboxylic acids is 2. The van der Waals surface area contributed by atoms with E-state index in [1.807, 2.05) is 6.92 Å². The molecule has 2 amide bonds. The Hall–Kier alpha value is -1.42. The Morgan fingerprint density at radius 3 is 1.75 bits per heavy atom. The van der Waals surface area contributed by atoms with Gasteiger partial charge < -0.3 is 54.3 Å². The van der Waals surface area contributed by atoms with E-state index in [0.29, 0.717) is 79.2 Å². The molecule has 0 bridgehead atoms. The van der Waals surface area contributed by atoms with Gasteiger partial charge in [-0.05, 0) is 20.3 Å². The highest BCUT2D eigenvalue weighted by atomic mass is 16.7. The van der Waals surface area contributed by atoms with Crippen LogP contribution in [0.1, 0.15) is 26.7 Å². The van der Waals surface area contributed by atoms with Gasteiger partial charge in [-0.2, -0.15) is 0 Å². The molecule has 36 heavy (non-hydrogen) atoms. The molecule has 0 rings (SSSR count). The molecule has 0 saturated heterocycles. The Bertz CT molecular complexity index is 530. The molecule has 214 valence electrons. The van der Waals surface area contributed by atoms with Crippen molar-refractivity contribution in [3.8, 4) is 0 Å². The fourth-order valence-electron chi connectivity index (χ4n) is 2.53. The van der Waals surface area contributed by atoms with Gasteiger partial charge in [0.15, 0.2) is 12.6 Å². The molecule has 3 unspecified atom stereocenters. The number of hydrogen-bond acceptors (Lipinski definition) is 11. The van der Waals surface area contributed by atoms with Gasteiger partial charge in [-0.3, -0.25) is 9.59 Å². The summed E-state index contributed by atoms with van der Waals surface area (Å²) in [6, 6.07) is -0.763. The topological polar surface area (TPSA) is 158 Å². The van der Waals surface area contributed by atoms with Crippen molar-refractivity contribution in [2.24, 2.45) is 5.73 Å². The van der Waals surface area contributed by atoms with Crippen molar-refractivity contribution in [2.75, 3.05) is 93.4 Å². The first-order chi connectivity index (χ1) is 17.4. The largest absolute Gasteiger partial charge is 0.382 e. The van der Waals surface area contributed by atoms with Crippen molar-refractivity contribution in [2.45, 2.75) is 45.3 Å². The molecule has 0 aromatic heterocycles. The zero-order valence-electron chi connectivity index (χ0n) is 22.3. The predicted molar refractivity (Wildman–Crippen MR) is 131 cm³/mol. The minimum atomic E-state index is -0.763. The Balaban J connectivity index is 3.52. The molecule has 0 radical (unpaired) electrons. The van der Waals surface area contributed by atoms with Crippen LogP contribution in [-0.4, -0.2) is 124 Å². The van der Waals surface area contributed by atoms with Crippen LogP contribution >= 0.6 is 0 Å². The van der Waals surface area contributed by atoms with Crippen molar-refractivity contribution in [3.63, 3.8) is 0 Å². The van der Waals surface area contributed by atoms with E-state index >= 15 is 0 Å². The minimum absolute atomic E-state index is 0.162. The molecular formula is C23H47N3O10. The van der Waals surface area contributed by atoms with Gasteiger partial charge in [-0.1, -0.05) is 0 Å². The average Bonchev–Trinajstić information content (AvgIpc) is 2.87. The molecule has 4 N–H and O–H groups in total. The van der Waals surface area contributed by atoms with Crippen LogP contribution in [0.15, 0.2) is 0 Å². The van der Waals surface area contributed by atoms with Gasteiger partial charge in [-0.15, -0.1) is 0 Å². The third kappa shape index (κ3) is 23.0. The summed E-state index contributed by atoms with van der Waals surface area (Å²) in [5, 5.41) is 5.40. The highest BCUT2D eigenvalue weighted by Crippen LogP contribution is 1.96. The zero-order valence-corrected chi connectivity index (χ0v) is 22.3. The molecule has 13 nitrogen and oxygen atoms in total. The number of nitrogens with two attached hydrogens (primary N) is 1. The predicted octanol–water partition coefficient (Wildman–Crippen LogP) is -0.589. The first kappa shape index (κ1) is 34.6. The molecule has 0 aliphatic rings. The van der Waals surface area contributed by atoms with Crippen LogP contribution in [0, 0.1) is 0 Å². The average molecular weight is 526 g/mol. The second kappa shape index (κ2) is 25.2. The third-order valence-corrected chi connectivity index (χ3v) is 4.64. The fraction of sp³-hybridized carbons (Fsp3) is 0.913. The van der Waals surface area contributed by atoms with Crippen molar-refractivity contribution >= 4 is 11.8 Å². The van der Waals surface area contributed by atoms with E-state index in [1.54, 1.807) is 21.1 Å². The lowest BCUT2D eigenvalue weighted by Gasteiger charge is -2.15. The lowest BCUT2D eigenvalue weighted by Crippen LogP contribution is -2.42. The number of rotatable bonds is 26. The fourth-order valence-corrected chi connectivity index (χ4v) is 2.53. The maximum atomic E-state index is 12.0. The summed E-state index contributed by atoms with van der Waals surface area (Å²) in [7, 11) is 3.17. The summed E-state index contributed by atoms with van der Waals surface area (Å²) in [5.41, 5.74) is 5.84. The molecule has 0 saturated carbocycles. The Labute approximate surface area is 214 Å². The van der Waals surface area contributed by atoms with E-state index in [1.165, 1.54) is 0 Å². The molecule has 3 atom stereocenters. The van der Waals surface area contributed by atoms with Crippen molar-refractivity contribution in [1.29, 1.82) is 0 Å². The Morgan fingerprint density at radius 2 is 1.19 bits per heavy atom. The van der Waals surface area contributed by atoms with E-state index in [-0.39, 0.29) is 37.2 Å². The normalized spacial score (nSPS) is 13.8. The summed E-state index contributed by atoms with van der Waals surface area (Å²) in [6.07, 6.45) is -0.225. The maximum absolute atomic E-state index is 12.0. The number of ether oxygens (including phenoxy) is 8. The number of nitrogens with one attached hydrogen (secondary N) is 2. The third-order valence-electron chi connectivity index (χ3n) is 4.64. The molecule has 0 aliphatic carbocycles. The van der Waals surface area contributed by atoms with Crippen molar-refractivity contribution in [1.82, 2.24) is 10.6 Å². The van der Waals surface area contributed by atoms with E-state index < -0.39 is 6.04 Å². The van der Waals surface area contributed by atoms with E-state index in [9.17, 15) is 9.59 Å². The van der Waals surface area contributed by atoms with Gasteiger partial charge in [0.1, 0.15) is 0 Å². The lowest BCUT2D eigenvalue weighted by molar-refractivity contribution is -0.151. The molecule has 0 aliphatic heterocycles. The first-order valence-corrected chi connectivity index (χ1v) is 12.3. The van der Waals surface area contributed by atoms with Crippen LogP contribution in [0.3, 0.4) is 0 Å². The highest BCUT2D eigenvalue weighted by molar-refractivity contribution is 5.82. The first-order valence-electron chi connectivity index (χ1n) is 12.3. The molecule has 0 spiro atoms. The van der Waals surface area contributed by atoms with Crippen LogP contribution in [0.5, 0.6) is 0 Å². The second-order valence-electron chi connectivity index (χ2n) is 7.60. The maximum Gasteiger partial charge on any atom is 0.237 e. The summed E-state index contributed by atoms with van der Waals surface area (Å²) in [4.78, 5) is 23.8. The molecule has 0 heterocycles. The van der Waals surface area contributed by atoms with Gasteiger partial charge in [0, 0.05) is 33.7 Å². The number of amides is 2. The van der Waals surface area contributed by atoms with E-state index in [2.05, 4.69) is 10.6 Å². The lowest BCUT2D eigenvalue weighted by atomic mass is 10.1. The monoisotopic (exact) mass is 525 g/mol. The minimum Gasteiger partial charge on any atom is -0.382 e. The molecule has 0 fully saturated rings. The molecular weight excluding hydrogens is 478 g/mol. The van der Waals surface area contributed by atoms with Crippen molar-refractivity contribution < 1.29 is 47.5 Å². The molecule has 13 heteroatoms. The summed E-state index contributed by atoms with van der Waals surface area (Å²) in [5.74, 6) is -0.501. The van der Waals surface area contributed by atoms with E-state index in [4.69, 9.17) is 43.6 Å². The van der Waals surface area contributed by atoms with Crippen LogP contribution in [-0.2, 0) is 47.5 Å². The SMILES string of the molecule is COCCOCCNC(=O)CCC(N)C(=O)NCCOCCOC(C)OCCOCCOC(C)OC. The Morgan fingerprint density at radius 1 is 0.694 bits per heavy atom. The summed E-state index contributed by atoms with van der Waals surface area (Å²) in [6.45, 7) is 8.49. The van der Waals surface area contributed by atoms with Gasteiger partial charge in [0.2, 0.25) is 11.8 Å². The Kier molecular flexibility index (Phi) is 24.2. The summed E-state index contributed by atoms with van der Waals surface area (Å²) >= 11 is 0. The highest BCUT2D eigenvalue weighted by Gasteiger charge is 2.14. The van der Waals surface area contributed by atoms with Crippen molar-refractivity contribution in [3.05, 3.63) is 0 Å². The molecule has 0 aromatic rings. The van der Waals surface area contributed by atoms with Crippen LogP contribution in [0.25, 0.3) is 0 Å². The molecule has 0 aromatic carbocycles. The van der Waals surface area contributed by atoms with Crippen LogP contribution in [0.4, 0.5) is 0 Å². The quantitative estimate of drug-likeness (QED) is 0.0979. The van der Waals surface area contributed by atoms with Crippen LogP contribution < -0.4 is 16.4 Å². The zero-order chi connectivity index (χ0) is 26.9. The second-order valence-corrected chi connectivity index (χ2v) is 7.60. The smallest absolute Gasteiger partial charge is 0.237 e. The standard InChI is InChI=1S/C23H47N3O10/c1-19(30-4)34-16-14-33-15-18-36-20(2)35-17-13-32-10-8-26-23(28)21(24)5-6-22(27)25-7-9-31-12-11-29-3/h19-21H,5-18,24H2,1-4H3,(H,25,27)(H,26,28). The van der Waals surface area contributed by atoms with Gasteiger partial charge in [-0.25, -0.2) is 0 Å². The van der Waals surface area contributed by atoms with Gasteiger partial charge in [0.05, 0.1) is 72.1 Å². The number of hydrogen-bond donors (Lipinski definition) is 3.